The normalized spacial score (nSPS) is 22.5. The van der Waals surface area contributed by atoms with Gasteiger partial charge in [0.1, 0.15) is 6.04 Å². The smallest absolute Gasteiger partial charge is 0.264 e. The first-order chi connectivity index (χ1) is 11.2. The Hall–Kier alpha value is -1.44. The van der Waals surface area contributed by atoms with Gasteiger partial charge < -0.3 is 15.2 Å². The summed E-state index contributed by atoms with van der Waals surface area (Å²) in [6.45, 7) is 0.729. The van der Waals surface area contributed by atoms with Crippen LogP contribution in [0.4, 0.5) is 0 Å². The van der Waals surface area contributed by atoms with Crippen molar-refractivity contribution in [2.75, 3.05) is 6.54 Å². The SMILES string of the molecule is Cl.NC1(c2noc(C3CCCCN3C(=O)c3cccs3)n2)CCC1. The summed E-state index contributed by atoms with van der Waals surface area (Å²) in [4.78, 5) is 19.9. The molecule has 1 saturated carbocycles. The van der Waals surface area contributed by atoms with Crippen molar-refractivity contribution in [3.8, 4) is 0 Å². The summed E-state index contributed by atoms with van der Waals surface area (Å²) in [6.07, 6.45) is 5.83. The molecule has 2 N–H and O–H groups in total. The average Bonchev–Trinajstić information content (AvgIpc) is 3.23. The highest BCUT2D eigenvalue weighted by Crippen LogP contribution is 2.38. The van der Waals surface area contributed by atoms with Crippen molar-refractivity contribution in [1.82, 2.24) is 15.0 Å². The number of carbonyl (C=O) groups is 1. The summed E-state index contributed by atoms with van der Waals surface area (Å²) in [7, 11) is 0. The zero-order valence-corrected chi connectivity index (χ0v) is 14.9. The molecule has 0 spiro atoms. The van der Waals surface area contributed by atoms with E-state index in [1.807, 2.05) is 22.4 Å². The summed E-state index contributed by atoms with van der Waals surface area (Å²) in [5.74, 6) is 1.17. The number of hydrogen-bond donors (Lipinski definition) is 1. The van der Waals surface area contributed by atoms with Crippen molar-refractivity contribution >= 4 is 29.7 Å². The van der Waals surface area contributed by atoms with Crippen molar-refractivity contribution in [2.24, 2.45) is 5.73 Å². The minimum absolute atomic E-state index is 0. The molecule has 1 atom stereocenters. The Morgan fingerprint density at radius 1 is 1.38 bits per heavy atom. The lowest BCUT2D eigenvalue weighted by atomic mass is 9.77. The zero-order chi connectivity index (χ0) is 15.9. The van der Waals surface area contributed by atoms with Gasteiger partial charge in [-0.25, -0.2) is 0 Å². The molecule has 3 heterocycles. The maximum absolute atomic E-state index is 12.7. The van der Waals surface area contributed by atoms with Crippen LogP contribution in [0, 0.1) is 0 Å². The van der Waals surface area contributed by atoms with Gasteiger partial charge in [-0.05, 0) is 50.0 Å². The van der Waals surface area contributed by atoms with Crippen LogP contribution in [-0.2, 0) is 5.54 Å². The third-order valence-corrected chi connectivity index (χ3v) is 5.77. The van der Waals surface area contributed by atoms with Crippen molar-refractivity contribution in [2.45, 2.75) is 50.1 Å². The van der Waals surface area contributed by atoms with E-state index in [-0.39, 0.29) is 24.4 Å². The van der Waals surface area contributed by atoms with E-state index in [2.05, 4.69) is 10.1 Å². The van der Waals surface area contributed by atoms with Gasteiger partial charge >= 0.3 is 0 Å². The molecule has 1 aliphatic carbocycles. The highest BCUT2D eigenvalue weighted by Gasteiger charge is 2.40. The van der Waals surface area contributed by atoms with Crippen LogP contribution in [0.2, 0.25) is 0 Å². The van der Waals surface area contributed by atoms with Gasteiger partial charge in [-0.15, -0.1) is 23.7 Å². The zero-order valence-electron chi connectivity index (χ0n) is 13.3. The van der Waals surface area contributed by atoms with Gasteiger partial charge in [-0.1, -0.05) is 11.2 Å². The molecule has 4 rings (SSSR count). The second-order valence-electron chi connectivity index (χ2n) is 6.45. The lowest BCUT2D eigenvalue weighted by Crippen LogP contribution is -2.44. The standard InChI is InChI=1S/C16H20N4O2S.ClH/c17-16(7-4-8-16)15-18-13(22-19-15)11-5-1-2-9-20(11)14(21)12-6-3-10-23-12;/h3,6,10-11H,1-2,4-5,7-9,17H2;1H. The first-order valence-electron chi connectivity index (χ1n) is 8.15. The number of amides is 1. The number of piperidine rings is 1. The minimum Gasteiger partial charge on any atom is -0.337 e. The van der Waals surface area contributed by atoms with Crippen molar-refractivity contribution < 1.29 is 9.32 Å². The first-order valence-corrected chi connectivity index (χ1v) is 9.03. The maximum atomic E-state index is 12.7. The van der Waals surface area contributed by atoms with Gasteiger partial charge in [0.2, 0.25) is 5.89 Å². The van der Waals surface area contributed by atoms with Gasteiger partial charge in [0.25, 0.3) is 5.91 Å². The highest BCUT2D eigenvalue weighted by molar-refractivity contribution is 7.12. The molecule has 0 aromatic carbocycles. The van der Waals surface area contributed by atoms with E-state index < -0.39 is 5.54 Å². The van der Waals surface area contributed by atoms with Gasteiger partial charge in [0.15, 0.2) is 5.82 Å². The predicted molar refractivity (Wildman–Crippen MR) is 93.2 cm³/mol. The second kappa shape index (κ2) is 6.82. The number of thiophene rings is 1. The van der Waals surface area contributed by atoms with E-state index in [1.54, 1.807) is 0 Å². The molecule has 8 heteroatoms. The fourth-order valence-corrected chi connectivity index (χ4v) is 4.01. The summed E-state index contributed by atoms with van der Waals surface area (Å²) in [5.41, 5.74) is 5.84. The Balaban J connectivity index is 0.00000169. The molecule has 24 heavy (non-hydrogen) atoms. The van der Waals surface area contributed by atoms with Crippen molar-refractivity contribution in [3.63, 3.8) is 0 Å². The highest BCUT2D eigenvalue weighted by atomic mass is 35.5. The number of carbonyl (C=O) groups excluding carboxylic acids is 1. The average molecular weight is 369 g/mol. The molecule has 6 nitrogen and oxygen atoms in total. The van der Waals surface area contributed by atoms with Gasteiger partial charge in [0, 0.05) is 6.54 Å². The van der Waals surface area contributed by atoms with Gasteiger partial charge in [-0.2, -0.15) is 4.98 Å². The second-order valence-corrected chi connectivity index (χ2v) is 7.40. The number of aromatic nitrogens is 2. The lowest BCUT2D eigenvalue weighted by Gasteiger charge is -2.35. The summed E-state index contributed by atoms with van der Waals surface area (Å²) in [6, 6.07) is 3.63. The van der Waals surface area contributed by atoms with Crippen LogP contribution in [0.25, 0.3) is 0 Å². The number of likely N-dealkylation sites (tertiary alicyclic amines) is 1. The topological polar surface area (TPSA) is 85.2 Å². The molecule has 0 bridgehead atoms. The summed E-state index contributed by atoms with van der Waals surface area (Å²) >= 11 is 1.47. The first kappa shape index (κ1) is 17.4. The number of nitrogens with zero attached hydrogens (tertiary/aromatic N) is 3. The molecule has 1 aliphatic heterocycles. The third-order valence-electron chi connectivity index (χ3n) is 4.91. The van der Waals surface area contributed by atoms with Crippen molar-refractivity contribution in [3.05, 3.63) is 34.1 Å². The van der Waals surface area contributed by atoms with Crippen LogP contribution in [-0.4, -0.2) is 27.5 Å². The van der Waals surface area contributed by atoms with Crippen LogP contribution in [0.15, 0.2) is 22.0 Å². The van der Waals surface area contributed by atoms with Crippen LogP contribution in [0.5, 0.6) is 0 Å². The van der Waals surface area contributed by atoms with Crippen molar-refractivity contribution in [1.29, 1.82) is 0 Å². The lowest BCUT2D eigenvalue weighted by molar-refractivity contribution is 0.0566. The summed E-state index contributed by atoms with van der Waals surface area (Å²) in [5, 5.41) is 6.02. The maximum Gasteiger partial charge on any atom is 0.264 e. The van der Waals surface area contributed by atoms with Crippen LogP contribution in [0.3, 0.4) is 0 Å². The minimum atomic E-state index is -0.432. The molecule has 2 fully saturated rings. The molecule has 130 valence electrons. The summed E-state index contributed by atoms with van der Waals surface area (Å²) < 4.78 is 5.49. The molecule has 1 saturated heterocycles. The van der Waals surface area contributed by atoms with Crippen LogP contribution in [0.1, 0.15) is 66.0 Å². The predicted octanol–water partition coefficient (Wildman–Crippen LogP) is 3.26. The van der Waals surface area contributed by atoms with Crippen LogP contribution < -0.4 is 5.73 Å². The number of halogens is 1. The van der Waals surface area contributed by atoms with Gasteiger partial charge in [-0.3, -0.25) is 4.79 Å². The molecule has 1 unspecified atom stereocenters. The van der Waals surface area contributed by atoms with E-state index in [9.17, 15) is 4.79 Å². The Labute approximate surface area is 150 Å². The Morgan fingerprint density at radius 2 is 2.21 bits per heavy atom. The molecule has 2 aliphatic rings. The van der Waals surface area contributed by atoms with E-state index in [0.717, 1.165) is 49.9 Å². The monoisotopic (exact) mass is 368 g/mol. The molecular weight excluding hydrogens is 348 g/mol. The molecule has 1 amide bonds. The van der Waals surface area contributed by atoms with E-state index in [1.165, 1.54) is 11.3 Å². The Morgan fingerprint density at radius 3 is 2.88 bits per heavy atom. The fraction of sp³-hybridized carbons (Fsp3) is 0.562. The molecule has 0 radical (unpaired) electrons. The number of nitrogens with two attached hydrogens (primary N) is 1. The molecule has 2 aromatic heterocycles. The largest absolute Gasteiger partial charge is 0.337 e. The Kier molecular flexibility index (Phi) is 4.94. The fourth-order valence-electron chi connectivity index (χ4n) is 3.33. The van der Waals surface area contributed by atoms with Crippen LogP contribution >= 0.6 is 23.7 Å². The number of hydrogen-bond acceptors (Lipinski definition) is 6. The third kappa shape index (κ3) is 2.96. The van der Waals surface area contributed by atoms with E-state index in [0.29, 0.717) is 11.7 Å². The Bertz CT molecular complexity index is 699. The van der Waals surface area contributed by atoms with E-state index in [4.69, 9.17) is 10.3 Å². The quantitative estimate of drug-likeness (QED) is 0.898. The van der Waals surface area contributed by atoms with E-state index >= 15 is 0 Å². The molecule has 2 aromatic rings. The van der Waals surface area contributed by atoms with Gasteiger partial charge in [0.05, 0.1) is 10.4 Å². The number of rotatable bonds is 3. The molecular formula is C16H21ClN4O2S.